The number of aryl methyl sites for hydroxylation is 1. The van der Waals surface area contributed by atoms with Gasteiger partial charge in [0.15, 0.2) is 5.03 Å². The van der Waals surface area contributed by atoms with Gasteiger partial charge in [0.05, 0.1) is 0 Å². The molecule has 8 heteroatoms. The molecule has 1 saturated carbocycles. The third-order valence-electron chi connectivity index (χ3n) is 3.67. The number of aromatic nitrogens is 2. The molecule has 1 fully saturated rings. The summed E-state index contributed by atoms with van der Waals surface area (Å²) in [6.07, 6.45) is 1.81. The summed E-state index contributed by atoms with van der Waals surface area (Å²) in [5.41, 5.74) is 7.98. The van der Waals surface area contributed by atoms with Crippen molar-refractivity contribution in [3.8, 4) is 0 Å². The lowest BCUT2D eigenvalue weighted by atomic mass is 10.3. The van der Waals surface area contributed by atoms with Crippen LogP contribution < -0.4 is 5.73 Å². The van der Waals surface area contributed by atoms with E-state index in [1.54, 1.807) is 22.6 Å². The molecule has 2 heterocycles. The van der Waals surface area contributed by atoms with Gasteiger partial charge in [0, 0.05) is 30.4 Å². The number of aromatic amines is 1. The topological polar surface area (TPSA) is 92.1 Å². The van der Waals surface area contributed by atoms with E-state index in [-0.39, 0.29) is 17.6 Å². The maximum Gasteiger partial charge on any atom is 0.263 e. The van der Waals surface area contributed by atoms with Crippen LogP contribution in [-0.4, -0.2) is 29.0 Å². The van der Waals surface area contributed by atoms with Crippen molar-refractivity contribution in [3.63, 3.8) is 0 Å². The van der Waals surface area contributed by atoms with Crippen LogP contribution in [0.4, 0.5) is 0 Å². The molecule has 0 unspecified atom stereocenters. The number of nitrogens with zero attached hydrogens (tertiary/aromatic N) is 2. The number of nitrogens with one attached hydrogen (secondary N) is 1. The molecule has 21 heavy (non-hydrogen) atoms. The fraction of sp³-hybridized carbons (Fsp3) is 0.462. The molecule has 0 saturated heterocycles. The summed E-state index contributed by atoms with van der Waals surface area (Å²) >= 11 is 1.57. The monoisotopic (exact) mass is 326 g/mol. The third-order valence-corrected chi connectivity index (χ3v) is 6.27. The van der Waals surface area contributed by atoms with Gasteiger partial charge in [-0.25, -0.2) is 8.42 Å². The SMILES string of the molecule is Cc1[nH]nc(S(=O)(=O)N(Cc2ccsc2)C2CC2)c1CN. The van der Waals surface area contributed by atoms with Gasteiger partial charge in [-0.3, -0.25) is 5.10 Å². The lowest BCUT2D eigenvalue weighted by molar-refractivity contribution is 0.396. The van der Waals surface area contributed by atoms with Crippen molar-refractivity contribution in [2.45, 2.75) is 43.9 Å². The van der Waals surface area contributed by atoms with E-state index in [9.17, 15) is 8.42 Å². The summed E-state index contributed by atoms with van der Waals surface area (Å²) in [6, 6.07) is 2.03. The van der Waals surface area contributed by atoms with Crippen LogP contribution in [0.1, 0.15) is 29.7 Å². The van der Waals surface area contributed by atoms with Gasteiger partial charge in [0.1, 0.15) is 0 Å². The van der Waals surface area contributed by atoms with Crippen LogP contribution in [0, 0.1) is 6.92 Å². The van der Waals surface area contributed by atoms with Gasteiger partial charge >= 0.3 is 0 Å². The number of rotatable bonds is 6. The van der Waals surface area contributed by atoms with E-state index in [1.807, 2.05) is 16.8 Å². The Balaban J connectivity index is 1.97. The Kier molecular flexibility index (Phi) is 3.87. The fourth-order valence-corrected chi connectivity index (χ4v) is 4.84. The van der Waals surface area contributed by atoms with Crippen LogP contribution in [0.3, 0.4) is 0 Å². The molecule has 0 radical (unpaired) electrons. The number of H-pyrrole nitrogens is 1. The van der Waals surface area contributed by atoms with Crippen molar-refractivity contribution in [1.29, 1.82) is 0 Å². The number of hydrogen-bond acceptors (Lipinski definition) is 5. The molecule has 0 amide bonds. The van der Waals surface area contributed by atoms with Gasteiger partial charge in [-0.15, -0.1) is 0 Å². The zero-order valence-electron chi connectivity index (χ0n) is 11.7. The highest BCUT2D eigenvalue weighted by atomic mass is 32.2. The fourth-order valence-electron chi connectivity index (χ4n) is 2.33. The first-order valence-corrected chi connectivity index (χ1v) is 9.19. The Morgan fingerprint density at radius 2 is 2.29 bits per heavy atom. The zero-order chi connectivity index (χ0) is 15.0. The van der Waals surface area contributed by atoms with Crippen LogP contribution in [-0.2, 0) is 23.1 Å². The van der Waals surface area contributed by atoms with E-state index in [0.717, 1.165) is 18.4 Å². The quantitative estimate of drug-likeness (QED) is 0.843. The van der Waals surface area contributed by atoms with Crippen molar-refractivity contribution in [3.05, 3.63) is 33.6 Å². The first-order chi connectivity index (χ1) is 10.0. The van der Waals surface area contributed by atoms with E-state index in [4.69, 9.17) is 5.73 Å². The Hall–Kier alpha value is -1.22. The molecule has 2 aromatic rings. The predicted molar refractivity (Wildman–Crippen MR) is 81.3 cm³/mol. The van der Waals surface area contributed by atoms with Crippen molar-refractivity contribution >= 4 is 21.4 Å². The van der Waals surface area contributed by atoms with E-state index < -0.39 is 10.0 Å². The Morgan fingerprint density at radius 1 is 1.52 bits per heavy atom. The molecule has 3 rings (SSSR count). The van der Waals surface area contributed by atoms with Gasteiger partial charge < -0.3 is 5.73 Å². The molecule has 0 aromatic carbocycles. The largest absolute Gasteiger partial charge is 0.326 e. The minimum Gasteiger partial charge on any atom is -0.326 e. The van der Waals surface area contributed by atoms with Crippen molar-refractivity contribution in [2.24, 2.45) is 5.73 Å². The van der Waals surface area contributed by atoms with Crippen molar-refractivity contribution in [2.75, 3.05) is 0 Å². The normalized spacial score (nSPS) is 15.8. The highest BCUT2D eigenvalue weighted by molar-refractivity contribution is 7.89. The van der Waals surface area contributed by atoms with Gasteiger partial charge in [0.2, 0.25) is 0 Å². The minimum absolute atomic E-state index is 0.0737. The van der Waals surface area contributed by atoms with Crippen molar-refractivity contribution < 1.29 is 8.42 Å². The molecule has 0 bridgehead atoms. The van der Waals surface area contributed by atoms with Crippen LogP contribution in [0.15, 0.2) is 21.9 Å². The maximum atomic E-state index is 12.9. The lowest BCUT2D eigenvalue weighted by Crippen LogP contribution is -2.33. The van der Waals surface area contributed by atoms with Gasteiger partial charge in [-0.1, -0.05) is 0 Å². The summed E-state index contributed by atoms with van der Waals surface area (Å²) < 4.78 is 27.4. The number of sulfonamides is 1. The number of thiophene rings is 1. The number of hydrogen-bond donors (Lipinski definition) is 2. The molecule has 0 spiro atoms. The molecule has 1 aliphatic carbocycles. The molecular formula is C13H18N4O2S2. The summed E-state index contributed by atoms with van der Waals surface area (Å²) in [6.45, 7) is 2.34. The molecule has 0 aliphatic heterocycles. The summed E-state index contributed by atoms with van der Waals surface area (Å²) in [5, 5.41) is 10.7. The average molecular weight is 326 g/mol. The van der Waals surface area contributed by atoms with E-state index in [2.05, 4.69) is 10.2 Å². The second-order valence-electron chi connectivity index (χ2n) is 5.25. The van der Waals surface area contributed by atoms with E-state index in [1.165, 1.54) is 0 Å². The number of nitrogens with two attached hydrogens (primary N) is 1. The molecule has 6 nitrogen and oxygen atoms in total. The van der Waals surface area contributed by atoms with Crippen LogP contribution >= 0.6 is 11.3 Å². The minimum atomic E-state index is -3.62. The molecule has 1 aliphatic rings. The van der Waals surface area contributed by atoms with E-state index >= 15 is 0 Å². The smallest absolute Gasteiger partial charge is 0.263 e. The maximum absolute atomic E-state index is 12.9. The highest BCUT2D eigenvalue weighted by Gasteiger charge is 2.40. The Morgan fingerprint density at radius 3 is 2.86 bits per heavy atom. The average Bonchev–Trinajstić information content (AvgIpc) is 3.00. The summed E-state index contributed by atoms with van der Waals surface area (Å²) in [4.78, 5) is 0. The van der Waals surface area contributed by atoms with Crippen LogP contribution in [0.2, 0.25) is 0 Å². The second-order valence-corrected chi connectivity index (χ2v) is 7.84. The molecule has 114 valence electrons. The van der Waals surface area contributed by atoms with Crippen LogP contribution in [0.25, 0.3) is 0 Å². The highest BCUT2D eigenvalue weighted by Crippen LogP contribution is 2.34. The molecule has 2 aromatic heterocycles. The standard InChI is InChI=1S/C13H18N4O2S2/c1-9-12(6-14)13(16-15-9)21(18,19)17(11-2-3-11)7-10-4-5-20-8-10/h4-5,8,11H,2-3,6-7,14H2,1H3,(H,15,16). The van der Waals surface area contributed by atoms with Gasteiger partial charge in [-0.05, 0) is 42.2 Å². The molecule has 0 atom stereocenters. The Bertz CT molecular complexity index is 717. The zero-order valence-corrected chi connectivity index (χ0v) is 13.4. The van der Waals surface area contributed by atoms with Gasteiger partial charge in [-0.2, -0.15) is 20.7 Å². The Labute approximate surface area is 128 Å². The first kappa shape index (κ1) is 14.7. The summed E-state index contributed by atoms with van der Waals surface area (Å²) in [7, 11) is -3.62. The predicted octanol–water partition coefficient (Wildman–Crippen LogP) is 1.59. The molecular weight excluding hydrogens is 308 g/mol. The third kappa shape index (κ3) is 2.76. The molecule has 3 N–H and O–H groups in total. The second kappa shape index (κ2) is 5.53. The summed E-state index contributed by atoms with van der Waals surface area (Å²) in [5.74, 6) is 0. The van der Waals surface area contributed by atoms with Crippen molar-refractivity contribution in [1.82, 2.24) is 14.5 Å². The van der Waals surface area contributed by atoms with E-state index in [0.29, 0.717) is 17.8 Å². The van der Waals surface area contributed by atoms with Gasteiger partial charge in [0.25, 0.3) is 10.0 Å². The lowest BCUT2D eigenvalue weighted by Gasteiger charge is -2.20. The first-order valence-electron chi connectivity index (χ1n) is 6.81. The van der Waals surface area contributed by atoms with Crippen LogP contribution in [0.5, 0.6) is 0 Å².